The Morgan fingerprint density at radius 1 is 1.40 bits per heavy atom. The number of hydrogen-bond acceptors (Lipinski definition) is 4. The molecule has 1 aliphatic heterocycles. The van der Waals surface area contributed by atoms with E-state index in [1.54, 1.807) is 0 Å². The number of morpholine rings is 1. The molecule has 0 atom stereocenters. The number of guanidine groups is 1. The molecule has 11 heteroatoms. The summed E-state index contributed by atoms with van der Waals surface area (Å²) in [6.07, 6.45) is -2.32. The van der Waals surface area contributed by atoms with Crippen molar-refractivity contribution in [2.45, 2.75) is 19.1 Å². The van der Waals surface area contributed by atoms with Gasteiger partial charge in [0.1, 0.15) is 0 Å². The highest BCUT2D eigenvalue weighted by Gasteiger charge is 2.36. The Morgan fingerprint density at radius 3 is 2.72 bits per heavy atom. The van der Waals surface area contributed by atoms with Gasteiger partial charge in [0.15, 0.2) is 11.7 Å². The van der Waals surface area contributed by atoms with E-state index in [4.69, 9.17) is 10.5 Å². The van der Waals surface area contributed by atoms with Gasteiger partial charge in [-0.25, -0.2) is 4.99 Å². The molecule has 0 aromatic carbocycles. The molecule has 0 saturated carbocycles. The first-order valence-corrected chi connectivity index (χ1v) is 7.80. The third-order valence-corrected chi connectivity index (χ3v) is 3.65. The molecule has 2 rings (SSSR count). The first-order chi connectivity index (χ1) is 11.4. The van der Waals surface area contributed by atoms with Gasteiger partial charge < -0.3 is 15.8 Å². The van der Waals surface area contributed by atoms with Crippen LogP contribution in [0.1, 0.15) is 17.7 Å². The molecule has 7 nitrogen and oxygen atoms in total. The van der Waals surface area contributed by atoms with E-state index in [1.807, 2.05) is 0 Å². The normalized spacial score (nSPS) is 16.6. The van der Waals surface area contributed by atoms with E-state index in [9.17, 15) is 13.2 Å². The molecular weight excluding hydrogens is 452 g/mol. The van der Waals surface area contributed by atoms with Crippen LogP contribution >= 0.6 is 24.0 Å². The molecule has 1 aromatic heterocycles. The molecule has 0 bridgehead atoms. The Hall–Kier alpha value is -1.08. The van der Waals surface area contributed by atoms with E-state index >= 15 is 0 Å². The Bertz CT molecular complexity index is 557. The number of nitrogens with one attached hydrogen (secondary N) is 1. The standard InChI is InChI=1S/C14H23F3N6O.HI/c1-22-10-11(12(21-22)14(15,16)17)9-20-13(18)19-3-2-4-23-5-7-24-8-6-23;/h10H,2-9H2,1H3,(H3,18,19,20);1H. The van der Waals surface area contributed by atoms with Gasteiger partial charge in [0.2, 0.25) is 0 Å². The molecule has 25 heavy (non-hydrogen) atoms. The van der Waals surface area contributed by atoms with Crippen LogP contribution in [0.15, 0.2) is 11.2 Å². The number of hydrogen-bond donors (Lipinski definition) is 2. The molecule has 0 spiro atoms. The van der Waals surface area contributed by atoms with Crippen molar-refractivity contribution in [2.24, 2.45) is 17.8 Å². The maximum Gasteiger partial charge on any atom is 0.435 e. The van der Waals surface area contributed by atoms with Gasteiger partial charge in [-0.1, -0.05) is 0 Å². The summed E-state index contributed by atoms with van der Waals surface area (Å²) in [7, 11) is 1.44. The van der Waals surface area contributed by atoms with Crippen molar-refractivity contribution in [1.82, 2.24) is 20.0 Å². The summed E-state index contributed by atoms with van der Waals surface area (Å²) >= 11 is 0. The van der Waals surface area contributed by atoms with E-state index in [0.29, 0.717) is 6.54 Å². The molecule has 1 saturated heterocycles. The second-order valence-corrected chi connectivity index (χ2v) is 5.61. The molecule has 144 valence electrons. The molecular formula is C14H24F3IN6O. The smallest absolute Gasteiger partial charge is 0.379 e. The van der Waals surface area contributed by atoms with Crippen LogP contribution in [0.2, 0.25) is 0 Å². The first-order valence-electron chi connectivity index (χ1n) is 7.80. The van der Waals surface area contributed by atoms with E-state index in [1.165, 1.54) is 13.2 Å². The van der Waals surface area contributed by atoms with Gasteiger partial charge in [0, 0.05) is 38.4 Å². The quantitative estimate of drug-likeness (QED) is 0.279. The van der Waals surface area contributed by atoms with Crippen LogP contribution in [-0.2, 0) is 24.5 Å². The van der Waals surface area contributed by atoms with Gasteiger partial charge >= 0.3 is 6.18 Å². The lowest BCUT2D eigenvalue weighted by atomic mass is 10.2. The SMILES string of the molecule is Cn1cc(CN=C(N)NCCCN2CCOCC2)c(C(F)(F)F)n1.I. The molecule has 0 aliphatic carbocycles. The topological polar surface area (TPSA) is 80.7 Å². The van der Waals surface area contributed by atoms with E-state index in [-0.39, 0.29) is 42.0 Å². The van der Waals surface area contributed by atoms with Crippen LogP contribution in [0.25, 0.3) is 0 Å². The Labute approximate surface area is 161 Å². The molecule has 1 aromatic rings. The van der Waals surface area contributed by atoms with Crippen molar-refractivity contribution in [2.75, 3.05) is 39.4 Å². The zero-order valence-electron chi connectivity index (χ0n) is 14.1. The van der Waals surface area contributed by atoms with Crippen LogP contribution in [0.4, 0.5) is 13.2 Å². The second-order valence-electron chi connectivity index (χ2n) is 5.61. The number of aryl methyl sites for hydroxylation is 1. The lowest BCUT2D eigenvalue weighted by molar-refractivity contribution is -0.142. The maximum atomic E-state index is 12.8. The van der Waals surface area contributed by atoms with Crippen LogP contribution in [0.3, 0.4) is 0 Å². The number of nitrogens with two attached hydrogens (primary N) is 1. The third-order valence-electron chi connectivity index (χ3n) is 3.65. The lowest BCUT2D eigenvalue weighted by Gasteiger charge is -2.26. The average Bonchev–Trinajstić information content (AvgIpc) is 2.92. The van der Waals surface area contributed by atoms with Crippen molar-refractivity contribution in [3.05, 3.63) is 17.5 Å². The molecule has 0 radical (unpaired) electrons. The molecule has 3 N–H and O–H groups in total. The number of halogens is 4. The fourth-order valence-corrected chi connectivity index (χ4v) is 2.46. The summed E-state index contributed by atoms with van der Waals surface area (Å²) < 4.78 is 44.9. The van der Waals surface area contributed by atoms with Crippen LogP contribution in [-0.4, -0.2) is 60.0 Å². The summed E-state index contributed by atoms with van der Waals surface area (Å²) in [4.78, 5) is 6.26. The Balaban J connectivity index is 0.00000312. The van der Waals surface area contributed by atoms with Crippen molar-refractivity contribution < 1.29 is 17.9 Å². The third kappa shape index (κ3) is 7.36. The summed E-state index contributed by atoms with van der Waals surface area (Å²) in [5, 5.41) is 6.35. The van der Waals surface area contributed by atoms with Gasteiger partial charge in [0.25, 0.3) is 0 Å². The number of aliphatic imine (C=N–C) groups is 1. The summed E-state index contributed by atoms with van der Waals surface area (Å²) in [6, 6.07) is 0. The van der Waals surface area contributed by atoms with Crippen molar-refractivity contribution in [3.63, 3.8) is 0 Å². The average molecular weight is 476 g/mol. The highest BCUT2D eigenvalue weighted by molar-refractivity contribution is 14.0. The number of aromatic nitrogens is 2. The molecule has 1 fully saturated rings. The minimum atomic E-state index is -4.49. The largest absolute Gasteiger partial charge is 0.435 e. The van der Waals surface area contributed by atoms with Crippen LogP contribution < -0.4 is 11.1 Å². The zero-order valence-corrected chi connectivity index (χ0v) is 16.4. The number of ether oxygens (including phenoxy) is 1. The Kier molecular flexibility index (Phi) is 8.93. The predicted molar refractivity (Wildman–Crippen MR) is 98.8 cm³/mol. The van der Waals surface area contributed by atoms with Crippen LogP contribution in [0, 0.1) is 0 Å². The zero-order chi connectivity index (χ0) is 17.6. The van der Waals surface area contributed by atoms with Gasteiger partial charge in [-0.05, 0) is 13.0 Å². The van der Waals surface area contributed by atoms with E-state index < -0.39 is 11.9 Å². The van der Waals surface area contributed by atoms with Gasteiger partial charge in [-0.3, -0.25) is 9.58 Å². The number of rotatable bonds is 6. The predicted octanol–water partition coefficient (Wildman–Crippen LogP) is 1.18. The Morgan fingerprint density at radius 2 is 2.08 bits per heavy atom. The highest BCUT2D eigenvalue weighted by Crippen LogP contribution is 2.30. The fourth-order valence-electron chi connectivity index (χ4n) is 2.46. The summed E-state index contributed by atoms with van der Waals surface area (Å²) in [5.41, 5.74) is 4.78. The first kappa shape index (κ1) is 22.0. The fraction of sp³-hybridized carbons (Fsp3) is 0.714. The minimum absolute atomic E-state index is 0. The van der Waals surface area contributed by atoms with E-state index in [2.05, 4.69) is 20.3 Å². The summed E-state index contributed by atoms with van der Waals surface area (Å²) in [5.74, 6) is 0.133. The molecule has 0 unspecified atom stereocenters. The summed E-state index contributed by atoms with van der Waals surface area (Å²) in [6.45, 7) is 4.73. The van der Waals surface area contributed by atoms with Gasteiger partial charge in [-0.2, -0.15) is 18.3 Å². The number of alkyl halides is 3. The molecule has 0 amide bonds. The monoisotopic (exact) mass is 476 g/mol. The van der Waals surface area contributed by atoms with Gasteiger partial charge in [-0.15, -0.1) is 24.0 Å². The molecule has 2 heterocycles. The molecule has 1 aliphatic rings. The van der Waals surface area contributed by atoms with Crippen molar-refractivity contribution >= 4 is 29.9 Å². The van der Waals surface area contributed by atoms with Crippen molar-refractivity contribution in [3.8, 4) is 0 Å². The van der Waals surface area contributed by atoms with E-state index in [0.717, 1.165) is 44.0 Å². The van der Waals surface area contributed by atoms with Crippen LogP contribution in [0.5, 0.6) is 0 Å². The lowest BCUT2D eigenvalue weighted by Crippen LogP contribution is -2.39. The second kappa shape index (κ2) is 10.2. The highest BCUT2D eigenvalue weighted by atomic mass is 127. The maximum absolute atomic E-state index is 12.8. The number of nitrogens with zero attached hydrogens (tertiary/aromatic N) is 4. The minimum Gasteiger partial charge on any atom is -0.379 e. The van der Waals surface area contributed by atoms with Gasteiger partial charge in [0.05, 0.1) is 19.8 Å². The van der Waals surface area contributed by atoms with Crippen molar-refractivity contribution in [1.29, 1.82) is 0 Å².